The lowest BCUT2D eigenvalue weighted by Gasteiger charge is -2.35. The van der Waals surface area contributed by atoms with Crippen molar-refractivity contribution in [3.8, 4) is 5.75 Å². The van der Waals surface area contributed by atoms with E-state index in [0.29, 0.717) is 5.92 Å². The Hall–Kier alpha value is -1.55. The van der Waals surface area contributed by atoms with Gasteiger partial charge in [0.2, 0.25) is 0 Å². The minimum atomic E-state index is -0.0353. The Morgan fingerprint density at radius 2 is 2.15 bits per heavy atom. The summed E-state index contributed by atoms with van der Waals surface area (Å²) in [5, 5.41) is 3.00. The summed E-state index contributed by atoms with van der Waals surface area (Å²) in [6, 6.07) is 6.94. The summed E-state index contributed by atoms with van der Waals surface area (Å²) in [5.74, 6) is 1.17. The molecule has 1 atom stereocenters. The lowest BCUT2D eigenvalue weighted by molar-refractivity contribution is -0.123. The predicted octanol–water partition coefficient (Wildman–Crippen LogP) is 4.27. The Bertz CT molecular complexity index is 571. The van der Waals surface area contributed by atoms with Crippen LogP contribution in [0.5, 0.6) is 5.75 Å². The monoisotopic (exact) mass is 360 g/mol. The van der Waals surface area contributed by atoms with Crippen molar-refractivity contribution in [3.05, 3.63) is 29.3 Å². The molecule has 1 N–H and O–H groups in total. The Balaban J connectivity index is 1.70. The Morgan fingerprint density at radius 1 is 1.35 bits per heavy atom. The van der Waals surface area contributed by atoms with Crippen LogP contribution in [0.15, 0.2) is 18.2 Å². The van der Waals surface area contributed by atoms with Crippen molar-refractivity contribution in [2.24, 2.45) is 0 Å². The van der Waals surface area contributed by atoms with Crippen molar-refractivity contribution in [1.29, 1.82) is 0 Å². The van der Waals surface area contributed by atoms with Crippen LogP contribution in [0, 0.1) is 6.92 Å². The number of ether oxygens (including phenoxy) is 1. The standard InChI is InChI=1S/C22H36N2O2/c1-5-19-9-6-7-13-24(19)14-8-12-23-22(25)16-26-21-15-18(4)10-11-20(21)17(2)3/h10-11,15,17,19H,5-9,12-14,16H2,1-4H3,(H,23,25)/t19-/m1/s1. The second-order valence-electron chi connectivity index (χ2n) is 7.78. The molecule has 0 spiro atoms. The van der Waals surface area contributed by atoms with Crippen LogP contribution in [-0.4, -0.2) is 43.1 Å². The quantitative estimate of drug-likeness (QED) is 0.669. The summed E-state index contributed by atoms with van der Waals surface area (Å²) in [4.78, 5) is 14.7. The molecule has 4 heteroatoms. The van der Waals surface area contributed by atoms with E-state index in [-0.39, 0.29) is 12.5 Å². The van der Waals surface area contributed by atoms with Gasteiger partial charge >= 0.3 is 0 Å². The summed E-state index contributed by atoms with van der Waals surface area (Å²) in [6.45, 7) is 11.7. The minimum absolute atomic E-state index is 0.0353. The summed E-state index contributed by atoms with van der Waals surface area (Å²) in [6.07, 6.45) is 6.23. The molecule has 0 aromatic heterocycles. The van der Waals surface area contributed by atoms with Gasteiger partial charge in [-0.25, -0.2) is 0 Å². The number of carbonyl (C=O) groups is 1. The first kappa shape index (κ1) is 20.8. The summed E-state index contributed by atoms with van der Waals surface area (Å²) >= 11 is 0. The lowest BCUT2D eigenvalue weighted by Crippen LogP contribution is -2.41. The summed E-state index contributed by atoms with van der Waals surface area (Å²) in [5.41, 5.74) is 2.30. The molecule has 1 heterocycles. The third kappa shape index (κ3) is 6.31. The molecule has 1 amide bonds. The molecule has 1 aromatic rings. The highest BCUT2D eigenvalue weighted by atomic mass is 16.5. The van der Waals surface area contributed by atoms with Crippen LogP contribution in [0.25, 0.3) is 0 Å². The SMILES string of the molecule is CC[C@@H]1CCCCN1CCCNC(=O)COc1cc(C)ccc1C(C)C. The fourth-order valence-corrected chi connectivity index (χ4v) is 3.76. The first-order valence-corrected chi connectivity index (χ1v) is 10.2. The van der Waals surface area contributed by atoms with Crippen molar-refractivity contribution < 1.29 is 9.53 Å². The molecule has 4 nitrogen and oxygen atoms in total. The topological polar surface area (TPSA) is 41.6 Å². The number of benzene rings is 1. The van der Waals surface area contributed by atoms with Gasteiger partial charge in [0.05, 0.1) is 0 Å². The van der Waals surface area contributed by atoms with Gasteiger partial charge in [0, 0.05) is 19.1 Å². The van der Waals surface area contributed by atoms with Gasteiger partial charge in [-0.2, -0.15) is 0 Å². The average Bonchev–Trinajstić information content (AvgIpc) is 2.63. The Kier molecular flexibility index (Phi) is 8.43. The molecular formula is C22H36N2O2. The van der Waals surface area contributed by atoms with Crippen LogP contribution >= 0.6 is 0 Å². The molecule has 0 aliphatic carbocycles. The average molecular weight is 361 g/mol. The number of likely N-dealkylation sites (tertiary alicyclic amines) is 1. The number of nitrogens with zero attached hydrogens (tertiary/aromatic N) is 1. The maximum absolute atomic E-state index is 12.1. The molecule has 1 aliphatic heterocycles. The van der Waals surface area contributed by atoms with E-state index >= 15 is 0 Å². The van der Waals surface area contributed by atoms with E-state index in [2.05, 4.69) is 43.1 Å². The van der Waals surface area contributed by atoms with Gasteiger partial charge in [-0.15, -0.1) is 0 Å². The highest BCUT2D eigenvalue weighted by molar-refractivity contribution is 5.77. The highest BCUT2D eigenvalue weighted by Crippen LogP contribution is 2.27. The number of aryl methyl sites for hydroxylation is 1. The van der Waals surface area contributed by atoms with Crippen molar-refractivity contribution in [1.82, 2.24) is 10.2 Å². The van der Waals surface area contributed by atoms with E-state index in [1.807, 2.05) is 13.0 Å². The number of nitrogens with one attached hydrogen (secondary N) is 1. The van der Waals surface area contributed by atoms with E-state index < -0.39 is 0 Å². The lowest BCUT2D eigenvalue weighted by atomic mass is 10.00. The molecule has 0 unspecified atom stereocenters. The van der Waals surface area contributed by atoms with Crippen molar-refractivity contribution in [3.63, 3.8) is 0 Å². The van der Waals surface area contributed by atoms with E-state index in [9.17, 15) is 4.79 Å². The van der Waals surface area contributed by atoms with Crippen molar-refractivity contribution >= 4 is 5.91 Å². The first-order chi connectivity index (χ1) is 12.5. The Labute approximate surface area is 159 Å². The van der Waals surface area contributed by atoms with Gasteiger partial charge in [0.25, 0.3) is 5.91 Å². The molecule has 0 radical (unpaired) electrons. The van der Waals surface area contributed by atoms with Gasteiger partial charge in [0.1, 0.15) is 5.75 Å². The molecule has 26 heavy (non-hydrogen) atoms. The number of hydrogen-bond acceptors (Lipinski definition) is 3. The molecule has 1 aliphatic rings. The van der Waals surface area contributed by atoms with E-state index in [4.69, 9.17) is 4.74 Å². The van der Waals surface area contributed by atoms with E-state index in [0.717, 1.165) is 42.4 Å². The summed E-state index contributed by atoms with van der Waals surface area (Å²) < 4.78 is 5.80. The second-order valence-corrected chi connectivity index (χ2v) is 7.78. The third-order valence-corrected chi connectivity index (χ3v) is 5.31. The fourth-order valence-electron chi connectivity index (χ4n) is 3.76. The first-order valence-electron chi connectivity index (χ1n) is 10.2. The maximum Gasteiger partial charge on any atom is 0.257 e. The van der Waals surface area contributed by atoms with Crippen molar-refractivity contribution in [2.75, 3.05) is 26.2 Å². The smallest absolute Gasteiger partial charge is 0.257 e. The van der Waals surface area contributed by atoms with Crippen LogP contribution in [0.2, 0.25) is 0 Å². The molecule has 1 saturated heterocycles. The van der Waals surface area contributed by atoms with Crippen LogP contribution in [0.1, 0.15) is 69.9 Å². The maximum atomic E-state index is 12.1. The number of amides is 1. The van der Waals surface area contributed by atoms with E-state index in [1.165, 1.54) is 32.2 Å². The molecule has 2 rings (SSSR count). The molecule has 0 saturated carbocycles. The van der Waals surface area contributed by atoms with Gasteiger partial charge < -0.3 is 15.0 Å². The minimum Gasteiger partial charge on any atom is -0.483 e. The number of rotatable bonds is 9. The predicted molar refractivity (Wildman–Crippen MR) is 108 cm³/mol. The van der Waals surface area contributed by atoms with E-state index in [1.54, 1.807) is 0 Å². The number of hydrogen-bond donors (Lipinski definition) is 1. The van der Waals surface area contributed by atoms with Crippen LogP contribution in [0.4, 0.5) is 0 Å². The van der Waals surface area contributed by atoms with Gasteiger partial charge in [-0.05, 0) is 62.3 Å². The number of carbonyl (C=O) groups excluding carboxylic acids is 1. The third-order valence-electron chi connectivity index (χ3n) is 5.31. The van der Waals surface area contributed by atoms with Crippen LogP contribution in [0.3, 0.4) is 0 Å². The Morgan fingerprint density at radius 3 is 2.88 bits per heavy atom. The van der Waals surface area contributed by atoms with Gasteiger partial charge in [-0.1, -0.05) is 39.3 Å². The molecule has 0 bridgehead atoms. The van der Waals surface area contributed by atoms with Crippen LogP contribution in [-0.2, 0) is 4.79 Å². The fraction of sp³-hybridized carbons (Fsp3) is 0.682. The van der Waals surface area contributed by atoms with Gasteiger partial charge in [0.15, 0.2) is 6.61 Å². The zero-order chi connectivity index (χ0) is 18.9. The normalized spacial score (nSPS) is 18.1. The van der Waals surface area contributed by atoms with Crippen molar-refractivity contribution in [2.45, 2.75) is 71.8 Å². The number of piperidine rings is 1. The molecular weight excluding hydrogens is 324 g/mol. The zero-order valence-corrected chi connectivity index (χ0v) is 17.0. The highest BCUT2D eigenvalue weighted by Gasteiger charge is 2.19. The zero-order valence-electron chi connectivity index (χ0n) is 17.0. The molecule has 1 aromatic carbocycles. The van der Waals surface area contributed by atoms with Crippen LogP contribution < -0.4 is 10.1 Å². The summed E-state index contributed by atoms with van der Waals surface area (Å²) in [7, 11) is 0. The largest absolute Gasteiger partial charge is 0.483 e. The molecule has 1 fully saturated rings. The molecule has 146 valence electrons. The van der Waals surface area contributed by atoms with Gasteiger partial charge in [-0.3, -0.25) is 4.79 Å². The second kappa shape index (κ2) is 10.6.